The van der Waals surface area contributed by atoms with Crippen LogP contribution in [0.15, 0.2) is 29.1 Å². The number of benzene rings is 1. The second kappa shape index (κ2) is 8.98. The minimum Gasteiger partial charge on any atom is -0.383 e. The van der Waals surface area contributed by atoms with E-state index >= 15 is 0 Å². The monoisotopic (exact) mass is 371 g/mol. The zero-order chi connectivity index (χ0) is 19.4. The van der Waals surface area contributed by atoms with Crippen LogP contribution in [0, 0.1) is 11.8 Å². The van der Waals surface area contributed by atoms with Gasteiger partial charge in [0.25, 0.3) is 5.56 Å². The molecule has 2 aromatic rings. The van der Waals surface area contributed by atoms with Crippen LogP contribution in [0.4, 0.5) is 0 Å². The predicted molar refractivity (Wildman–Crippen MR) is 110 cm³/mol. The molecule has 2 heterocycles. The maximum atomic E-state index is 13.2. The van der Waals surface area contributed by atoms with E-state index in [0.717, 1.165) is 37.3 Å². The molecule has 1 saturated heterocycles. The minimum atomic E-state index is 0.0480. The van der Waals surface area contributed by atoms with Gasteiger partial charge in [-0.15, -0.1) is 0 Å². The molecule has 0 aliphatic carbocycles. The molecular formula is C22H33N3O2. The van der Waals surface area contributed by atoms with Gasteiger partial charge in [-0.05, 0) is 36.8 Å². The van der Waals surface area contributed by atoms with Crippen LogP contribution in [0.2, 0.25) is 0 Å². The lowest BCUT2D eigenvalue weighted by Gasteiger charge is -2.40. The molecule has 0 N–H and O–H groups in total. The van der Waals surface area contributed by atoms with Crippen molar-refractivity contribution < 1.29 is 4.74 Å². The van der Waals surface area contributed by atoms with Gasteiger partial charge in [0.2, 0.25) is 0 Å². The molecule has 0 amide bonds. The smallest absolute Gasteiger partial charge is 0.261 e. The summed E-state index contributed by atoms with van der Waals surface area (Å²) in [5.74, 6) is 2.25. The molecule has 148 valence electrons. The van der Waals surface area contributed by atoms with Crippen LogP contribution in [0.5, 0.6) is 0 Å². The van der Waals surface area contributed by atoms with Gasteiger partial charge in [-0.1, -0.05) is 39.3 Å². The van der Waals surface area contributed by atoms with Crippen molar-refractivity contribution in [1.29, 1.82) is 0 Å². The third-order valence-corrected chi connectivity index (χ3v) is 5.61. The molecule has 27 heavy (non-hydrogen) atoms. The zero-order valence-electron chi connectivity index (χ0n) is 17.1. The summed E-state index contributed by atoms with van der Waals surface area (Å²) < 4.78 is 7.14. The number of rotatable bonds is 7. The van der Waals surface area contributed by atoms with Crippen LogP contribution in [0.25, 0.3) is 10.9 Å². The lowest BCUT2D eigenvalue weighted by atomic mass is 9.90. The van der Waals surface area contributed by atoms with Gasteiger partial charge < -0.3 is 4.74 Å². The average Bonchev–Trinajstić information content (AvgIpc) is 2.64. The van der Waals surface area contributed by atoms with Gasteiger partial charge in [-0.3, -0.25) is 14.3 Å². The Morgan fingerprint density at radius 2 is 1.93 bits per heavy atom. The molecule has 1 fully saturated rings. The highest BCUT2D eigenvalue weighted by atomic mass is 16.5. The molecule has 0 radical (unpaired) electrons. The number of fused-ring (bicyclic) bond motifs is 1. The van der Waals surface area contributed by atoms with Gasteiger partial charge in [0.1, 0.15) is 5.82 Å². The topological polar surface area (TPSA) is 47.4 Å². The Balaban J connectivity index is 2.10. The van der Waals surface area contributed by atoms with Crippen molar-refractivity contribution in [2.75, 3.05) is 26.8 Å². The molecule has 0 unspecified atom stereocenters. The summed E-state index contributed by atoms with van der Waals surface area (Å²) in [5, 5.41) is 0.688. The molecule has 0 bridgehead atoms. The number of para-hydroxylation sites is 1. The summed E-state index contributed by atoms with van der Waals surface area (Å²) in [7, 11) is 1.68. The normalized spacial score (nSPS) is 22.2. The van der Waals surface area contributed by atoms with Crippen LogP contribution >= 0.6 is 0 Å². The maximum absolute atomic E-state index is 13.2. The molecule has 0 saturated carbocycles. The summed E-state index contributed by atoms with van der Waals surface area (Å²) >= 11 is 0. The molecule has 1 aliphatic heterocycles. The molecule has 3 atom stereocenters. The van der Waals surface area contributed by atoms with Crippen LogP contribution in [0.1, 0.15) is 51.9 Å². The van der Waals surface area contributed by atoms with Crippen LogP contribution in [-0.2, 0) is 11.3 Å². The van der Waals surface area contributed by atoms with Crippen LogP contribution in [0.3, 0.4) is 0 Å². The predicted octanol–water partition coefficient (Wildman–Crippen LogP) is 3.86. The van der Waals surface area contributed by atoms with Crippen molar-refractivity contribution >= 4 is 10.9 Å². The molecular weight excluding hydrogens is 338 g/mol. The van der Waals surface area contributed by atoms with E-state index in [0.29, 0.717) is 30.4 Å². The van der Waals surface area contributed by atoms with Crippen molar-refractivity contribution in [3.8, 4) is 0 Å². The molecule has 1 aromatic heterocycles. The first-order valence-electron chi connectivity index (χ1n) is 10.3. The number of hydrogen-bond donors (Lipinski definition) is 0. The second-order valence-corrected chi connectivity index (χ2v) is 8.14. The molecule has 5 heteroatoms. The number of methoxy groups -OCH3 is 1. The number of hydrogen-bond acceptors (Lipinski definition) is 4. The summed E-state index contributed by atoms with van der Waals surface area (Å²) in [5.41, 5.74) is 0.845. The Kier molecular flexibility index (Phi) is 6.66. The highest BCUT2D eigenvalue weighted by Gasteiger charge is 2.31. The van der Waals surface area contributed by atoms with Gasteiger partial charge in [-0.2, -0.15) is 0 Å². The molecule has 1 aromatic carbocycles. The van der Waals surface area contributed by atoms with Gasteiger partial charge in [0.15, 0.2) is 0 Å². The quantitative estimate of drug-likeness (QED) is 0.741. The minimum absolute atomic E-state index is 0.0480. The van der Waals surface area contributed by atoms with Gasteiger partial charge in [0.05, 0.1) is 30.1 Å². The van der Waals surface area contributed by atoms with Gasteiger partial charge in [-0.25, -0.2) is 4.98 Å². The lowest BCUT2D eigenvalue weighted by molar-refractivity contribution is 0.0822. The van der Waals surface area contributed by atoms with Crippen molar-refractivity contribution in [2.24, 2.45) is 11.8 Å². The number of ether oxygens (including phenoxy) is 1. The van der Waals surface area contributed by atoms with Crippen LogP contribution in [-0.4, -0.2) is 41.3 Å². The highest BCUT2D eigenvalue weighted by molar-refractivity contribution is 5.77. The summed E-state index contributed by atoms with van der Waals surface area (Å²) in [6.07, 6.45) is 3.35. The third-order valence-electron chi connectivity index (χ3n) is 5.61. The number of likely N-dealkylation sites (tertiary alicyclic amines) is 1. The van der Waals surface area contributed by atoms with E-state index in [-0.39, 0.29) is 11.6 Å². The number of nitrogens with zero attached hydrogens (tertiary/aromatic N) is 3. The van der Waals surface area contributed by atoms with E-state index in [9.17, 15) is 4.79 Å². The molecule has 3 rings (SSSR count). The Hall–Kier alpha value is -1.72. The van der Waals surface area contributed by atoms with Crippen molar-refractivity contribution in [3.05, 3.63) is 40.4 Å². The maximum Gasteiger partial charge on any atom is 0.261 e. The van der Waals surface area contributed by atoms with E-state index in [1.807, 2.05) is 28.8 Å². The first-order chi connectivity index (χ1) is 13.0. The van der Waals surface area contributed by atoms with E-state index in [1.54, 1.807) is 7.11 Å². The molecule has 5 nitrogen and oxygen atoms in total. The molecule has 0 spiro atoms. The fraction of sp³-hybridized carbons (Fsp3) is 0.636. The first-order valence-corrected chi connectivity index (χ1v) is 10.3. The van der Waals surface area contributed by atoms with E-state index in [4.69, 9.17) is 9.72 Å². The fourth-order valence-corrected chi connectivity index (χ4v) is 4.55. The average molecular weight is 372 g/mol. The first kappa shape index (κ1) is 20.0. The third kappa shape index (κ3) is 4.41. The van der Waals surface area contributed by atoms with Crippen molar-refractivity contribution in [2.45, 2.75) is 52.6 Å². The van der Waals surface area contributed by atoms with E-state index < -0.39 is 0 Å². The lowest BCUT2D eigenvalue weighted by Crippen LogP contribution is -2.43. The van der Waals surface area contributed by atoms with Crippen LogP contribution < -0.4 is 5.56 Å². The van der Waals surface area contributed by atoms with E-state index in [1.165, 1.54) is 6.42 Å². The Labute approximate surface area is 162 Å². The molecule has 1 aliphatic rings. The van der Waals surface area contributed by atoms with Gasteiger partial charge >= 0.3 is 0 Å². The highest BCUT2D eigenvalue weighted by Crippen LogP contribution is 2.31. The summed E-state index contributed by atoms with van der Waals surface area (Å²) in [6, 6.07) is 7.86. The summed E-state index contributed by atoms with van der Waals surface area (Å²) in [4.78, 5) is 20.8. The van der Waals surface area contributed by atoms with E-state index in [2.05, 4.69) is 25.7 Å². The summed E-state index contributed by atoms with van der Waals surface area (Å²) in [6.45, 7) is 10.1. The SMILES string of the molecule is CCC[C@@H](c1nc2ccccc2c(=O)n1CCOC)N1C[C@H](C)C[C@H](C)C1. The van der Waals surface area contributed by atoms with Gasteiger partial charge in [0, 0.05) is 20.2 Å². The largest absolute Gasteiger partial charge is 0.383 e. The number of aromatic nitrogens is 2. The Morgan fingerprint density at radius 1 is 1.22 bits per heavy atom. The fourth-order valence-electron chi connectivity index (χ4n) is 4.55. The Bertz CT molecular complexity index is 807. The van der Waals surface area contributed by atoms with Crippen molar-refractivity contribution in [1.82, 2.24) is 14.5 Å². The standard InChI is InChI=1S/C22H33N3O2/c1-5-8-20(24-14-16(2)13-17(3)15-24)21-23-19-10-7-6-9-18(19)22(26)25(21)11-12-27-4/h6-7,9-10,16-17,20H,5,8,11-15H2,1-4H3/t16-,17+,20-/m0/s1. The second-order valence-electron chi connectivity index (χ2n) is 8.14. The zero-order valence-corrected chi connectivity index (χ0v) is 17.1. The Morgan fingerprint density at radius 3 is 2.59 bits per heavy atom. The van der Waals surface area contributed by atoms with Crippen molar-refractivity contribution in [3.63, 3.8) is 0 Å². The number of piperidine rings is 1.